The number of nitrogens with zero attached hydrogens (tertiary/aromatic N) is 1. The molecule has 0 saturated carbocycles. The highest BCUT2D eigenvalue weighted by atomic mass is 19.1. The lowest BCUT2D eigenvalue weighted by atomic mass is 10.0. The number of hydrogen-bond acceptors (Lipinski definition) is 4. The van der Waals surface area contributed by atoms with E-state index in [1.54, 1.807) is 37.3 Å². The molecule has 0 radical (unpaired) electrons. The average Bonchev–Trinajstić information content (AvgIpc) is 3.22. The number of carboxylic acids is 1. The van der Waals surface area contributed by atoms with Gasteiger partial charge in [0.05, 0.1) is 16.6 Å². The number of amides is 2. The van der Waals surface area contributed by atoms with Crippen molar-refractivity contribution in [3.63, 3.8) is 0 Å². The number of ketones is 1. The van der Waals surface area contributed by atoms with Crippen LogP contribution in [0, 0.1) is 5.82 Å². The maximum absolute atomic E-state index is 14.3. The van der Waals surface area contributed by atoms with Crippen molar-refractivity contribution in [2.75, 3.05) is 19.6 Å². The first-order valence-electron chi connectivity index (χ1n) is 9.54. The molecule has 0 fully saturated rings. The van der Waals surface area contributed by atoms with Crippen LogP contribution in [0.3, 0.4) is 0 Å². The second-order valence-electron chi connectivity index (χ2n) is 6.69. The molecular formula is C22H20FN3O5. The number of likely N-dealkylation sites (N-methyl/N-ethyl adjacent to an activating group) is 1. The number of carbonyl (C=O) groups excluding carboxylic acids is 3. The van der Waals surface area contributed by atoms with Crippen molar-refractivity contribution in [1.82, 2.24) is 15.2 Å². The molecule has 3 aromatic rings. The van der Waals surface area contributed by atoms with E-state index in [1.807, 2.05) is 0 Å². The minimum atomic E-state index is -1.29. The summed E-state index contributed by atoms with van der Waals surface area (Å²) >= 11 is 0. The van der Waals surface area contributed by atoms with Gasteiger partial charge in [0.2, 0.25) is 0 Å². The first-order valence-corrected chi connectivity index (χ1v) is 9.54. The van der Waals surface area contributed by atoms with Crippen LogP contribution in [0.5, 0.6) is 0 Å². The normalized spacial score (nSPS) is 10.6. The topological polar surface area (TPSA) is 120 Å². The Kier molecular flexibility index (Phi) is 6.44. The molecule has 31 heavy (non-hydrogen) atoms. The second kappa shape index (κ2) is 9.21. The summed E-state index contributed by atoms with van der Waals surface area (Å²) in [5.41, 5.74) is -0.0514. The molecule has 160 valence electrons. The number of benzene rings is 2. The van der Waals surface area contributed by atoms with Crippen molar-refractivity contribution in [2.24, 2.45) is 0 Å². The molecule has 0 aliphatic heterocycles. The van der Waals surface area contributed by atoms with Crippen molar-refractivity contribution in [3.05, 3.63) is 71.2 Å². The molecule has 2 amide bonds. The van der Waals surface area contributed by atoms with Gasteiger partial charge in [-0.3, -0.25) is 14.4 Å². The molecule has 8 nitrogen and oxygen atoms in total. The number of aromatic carboxylic acids is 1. The molecule has 0 saturated heterocycles. The summed E-state index contributed by atoms with van der Waals surface area (Å²) in [7, 11) is 0. The summed E-state index contributed by atoms with van der Waals surface area (Å²) in [5, 5.41) is 11.7. The first kappa shape index (κ1) is 21.7. The summed E-state index contributed by atoms with van der Waals surface area (Å²) in [6.07, 6.45) is 1.13. The number of H-pyrrole nitrogens is 1. The van der Waals surface area contributed by atoms with E-state index in [-0.39, 0.29) is 47.6 Å². The van der Waals surface area contributed by atoms with Gasteiger partial charge in [-0.05, 0) is 31.2 Å². The van der Waals surface area contributed by atoms with E-state index in [0.717, 1.165) is 18.3 Å². The van der Waals surface area contributed by atoms with E-state index in [9.17, 15) is 28.7 Å². The van der Waals surface area contributed by atoms with Crippen LogP contribution in [0.1, 0.15) is 38.0 Å². The van der Waals surface area contributed by atoms with Crippen LogP contribution in [-0.4, -0.2) is 58.2 Å². The average molecular weight is 425 g/mol. The largest absolute Gasteiger partial charge is 0.478 e. The molecule has 3 rings (SSSR count). The highest BCUT2D eigenvalue weighted by Crippen LogP contribution is 2.26. The molecule has 0 aliphatic rings. The van der Waals surface area contributed by atoms with Crippen LogP contribution < -0.4 is 5.32 Å². The summed E-state index contributed by atoms with van der Waals surface area (Å²) in [5.74, 6) is -4.26. The fourth-order valence-electron chi connectivity index (χ4n) is 3.22. The van der Waals surface area contributed by atoms with Crippen molar-refractivity contribution in [3.8, 4) is 0 Å². The first-order chi connectivity index (χ1) is 14.8. The third-order valence-corrected chi connectivity index (χ3v) is 4.83. The highest BCUT2D eigenvalue weighted by molar-refractivity contribution is 6.45. The lowest BCUT2D eigenvalue weighted by molar-refractivity contribution is -0.126. The molecule has 0 spiro atoms. The maximum Gasteiger partial charge on any atom is 0.337 e. The lowest BCUT2D eigenvalue weighted by Crippen LogP contribution is -2.41. The van der Waals surface area contributed by atoms with Crippen LogP contribution in [0.25, 0.3) is 10.9 Å². The van der Waals surface area contributed by atoms with Gasteiger partial charge >= 0.3 is 5.97 Å². The van der Waals surface area contributed by atoms with E-state index in [2.05, 4.69) is 10.3 Å². The molecule has 1 aromatic heterocycles. The number of aromatic amines is 1. The molecule has 0 atom stereocenters. The minimum absolute atomic E-state index is 0.0678. The van der Waals surface area contributed by atoms with Crippen LogP contribution >= 0.6 is 0 Å². The highest BCUT2D eigenvalue weighted by Gasteiger charge is 2.27. The standard InChI is InChI=1S/C22H20FN3O5/c1-2-26(11-10-24-20(28)13-6-4-3-5-7-13)21(29)19(27)15-12-25-18-14(22(30)31)8-9-16(23)17(15)18/h3-9,12,25H,2,10-11H2,1H3,(H,24,28)(H,30,31). The van der Waals surface area contributed by atoms with E-state index in [4.69, 9.17) is 0 Å². The number of nitrogens with one attached hydrogen (secondary N) is 2. The predicted octanol–water partition coefficient (Wildman–Crippen LogP) is 2.47. The molecule has 9 heteroatoms. The van der Waals surface area contributed by atoms with E-state index in [1.165, 1.54) is 4.90 Å². The quantitative estimate of drug-likeness (QED) is 0.378. The fraction of sp³-hybridized carbons (Fsp3) is 0.182. The van der Waals surface area contributed by atoms with Crippen molar-refractivity contribution in [2.45, 2.75) is 6.92 Å². The Morgan fingerprint density at radius 1 is 1.06 bits per heavy atom. The van der Waals surface area contributed by atoms with Crippen LogP contribution in [0.15, 0.2) is 48.7 Å². The van der Waals surface area contributed by atoms with Crippen LogP contribution in [0.4, 0.5) is 4.39 Å². The van der Waals surface area contributed by atoms with Gasteiger partial charge in [0.15, 0.2) is 0 Å². The van der Waals surface area contributed by atoms with Gasteiger partial charge in [-0.2, -0.15) is 0 Å². The van der Waals surface area contributed by atoms with Crippen molar-refractivity contribution >= 4 is 34.5 Å². The number of aromatic nitrogens is 1. The van der Waals surface area contributed by atoms with Gasteiger partial charge in [0.25, 0.3) is 17.6 Å². The minimum Gasteiger partial charge on any atom is -0.478 e. The number of halogens is 1. The molecular weight excluding hydrogens is 405 g/mol. The van der Waals surface area contributed by atoms with E-state index < -0.39 is 23.5 Å². The maximum atomic E-state index is 14.3. The Balaban J connectivity index is 1.74. The number of carboxylic acid groups (broad SMARTS) is 1. The summed E-state index contributed by atoms with van der Waals surface area (Å²) in [6.45, 7) is 2.05. The van der Waals surface area contributed by atoms with E-state index in [0.29, 0.717) is 5.56 Å². The summed E-state index contributed by atoms with van der Waals surface area (Å²) in [6, 6.07) is 10.6. The molecule has 3 N–H and O–H groups in total. The zero-order valence-electron chi connectivity index (χ0n) is 16.6. The number of carbonyl (C=O) groups is 4. The van der Waals surface area contributed by atoms with Gasteiger partial charge in [0, 0.05) is 36.8 Å². The Hall–Kier alpha value is -4.01. The number of fused-ring (bicyclic) bond motifs is 1. The van der Waals surface area contributed by atoms with E-state index >= 15 is 0 Å². The SMILES string of the molecule is CCN(CCNC(=O)c1ccccc1)C(=O)C(=O)c1c[nH]c2c(C(=O)O)ccc(F)c12. The predicted molar refractivity (Wildman–Crippen MR) is 111 cm³/mol. The van der Waals surface area contributed by atoms with Crippen LogP contribution in [0.2, 0.25) is 0 Å². The Morgan fingerprint density at radius 3 is 2.42 bits per heavy atom. The van der Waals surface area contributed by atoms with Gasteiger partial charge in [-0.1, -0.05) is 18.2 Å². The van der Waals surface area contributed by atoms with Crippen molar-refractivity contribution < 1.29 is 28.7 Å². The molecule has 1 heterocycles. The molecule has 0 aliphatic carbocycles. The monoisotopic (exact) mass is 425 g/mol. The van der Waals surface area contributed by atoms with Crippen LogP contribution in [-0.2, 0) is 4.79 Å². The molecule has 0 unspecified atom stereocenters. The van der Waals surface area contributed by atoms with Crippen molar-refractivity contribution in [1.29, 1.82) is 0 Å². The Morgan fingerprint density at radius 2 is 1.77 bits per heavy atom. The summed E-state index contributed by atoms with van der Waals surface area (Å²) in [4.78, 5) is 52.7. The Bertz CT molecular complexity index is 1160. The zero-order chi connectivity index (χ0) is 22.5. The second-order valence-corrected chi connectivity index (χ2v) is 6.69. The number of Topliss-reactive ketones (excluding diaryl/α,β-unsaturated/α-hetero) is 1. The fourth-order valence-corrected chi connectivity index (χ4v) is 3.22. The smallest absolute Gasteiger partial charge is 0.337 e. The number of rotatable bonds is 8. The zero-order valence-corrected chi connectivity index (χ0v) is 16.6. The van der Waals surface area contributed by atoms with Gasteiger partial charge in [-0.25, -0.2) is 9.18 Å². The van der Waals surface area contributed by atoms with Gasteiger partial charge in [-0.15, -0.1) is 0 Å². The molecule has 0 bridgehead atoms. The third kappa shape index (κ3) is 4.45. The lowest BCUT2D eigenvalue weighted by Gasteiger charge is -2.20. The molecule has 2 aromatic carbocycles. The Labute approximate surface area is 176 Å². The van der Waals surface area contributed by atoms with Gasteiger partial charge in [0.1, 0.15) is 5.82 Å². The van der Waals surface area contributed by atoms with Gasteiger partial charge < -0.3 is 20.3 Å². The number of hydrogen-bond donors (Lipinski definition) is 3. The third-order valence-electron chi connectivity index (χ3n) is 4.83. The summed E-state index contributed by atoms with van der Waals surface area (Å²) < 4.78 is 14.3.